The van der Waals surface area contributed by atoms with E-state index < -0.39 is 18.3 Å². The fourth-order valence-corrected chi connectivity index (χ4v) is 0.952. The van der Waals surface area contributed by atoms with Gasteiger partial charge in [-0.15, -0.1) is 0 Å². The zero-order valence-corrected chi connectivity index (χ0v) is 8.29. The van der Waals surface area contributed by atoms with Crippen LogP contribution in [-0.4, -0.2) is 18.8 Å². The number of ether oxygens (including phenoxy) is 1. The number of rotatable bonds is 3. The van der Waals surface area contributed by atoms with E-state index in [1.165, 1.54) is 12.1 Å². The monoisotopic (exact) mass is 246 g/mol. The molecule has 1 aromatic rings. The van der Waals surface area contributed by atoms with Crippen LogP contribution in [0.1, 0.15) is 5.56 Å². The largest absolute Gasteiger partial charge is 0.461 e. The average molecular weight is 246 g/mol. The summed E-state index contributed by atoms with van der Waals surface area (Å²) in [6, 6.07) is 4.84. The van der Waals surface area contributed by atoms with Crippen molar-refractivity contribution >= 4 is 6.29 Å². The smallest absolute Gasteiger partial charge is 0.428 e. The van der Waals surface area contributed by atoms with Crippen molar-refractivity contribution in [1.82, 2.24) is 0 Å². The van der Waals surface area contributed by atoms with E-state index in [1.54, 1.807) is 0 Å². The molecule has 0 spiro atoms. The Balaban J connectivity index is 2.89. The number of hydrogen-bond acceptors (Lipinski definition) is 2. The number of hydrogen-bond donors (Lipinski definition) is 0. The van der Waals surface area contributed by atoms with Crippen LogP contribution < -0.4 is 4.74 Å². The third-order valence-corrected chi connectivity index (χ3v) is 1.62. The number of halogens is 4. The van der Waals surface area contributed by atoms with Crippen LogP contribution in [0.15, 0.2) is 24.3 Å². The zero-order valence-electron chi connectivity index (χ0n) is 8.29. The van der Waals surface area contributed by atoms with Gasteiger partial charge in [0.25, 0.3) is 0 Å². The maximum absolute atomic E-state index is 12.6. The van der Waals surface area contributed by atoms with Crippen molar-refractivity contribution in [1.29, 1.82) is 0 Å². The molecule has 1 aromatic carbocycles. The van der Waals surface area contributed by atoms with E-state index in [9.17, 15) is 22.4 Å². The van der Waals surface area contributed by atoms with Gasteiger partial charge in [0.1, 0.15) is 5.75 Å². The van der Waals surface area contributed by atoms with Gasteiger partial charge in [0.15, 0.2) is 6.29 Å². The van der Waals surface area contributed by atoms with Crippen molar-refractivity contribution in [3.8, 4) is 17.6 Å². The van der Waals surface area contributed by atoms with Crippen molar-refractivity contribution in [2.45, 2.75) is 12.5 Å². The van der Waals surface area contributed by atoms with Gasteiger partial charge in [0.05, 0.1) is 0 Å². The minimum Gasteiger partial charge on any atom is -0.428 e. The molecule has 0 aliphatic carbocycles. The first kappa shape index (κ1) is 13.0. The van der Waals surface area contributed by atoms with Gasteiger partial charge in [-0.1, -0.05) is 12.0 Å². The van der Waals surface area contributed by atoms with Crippen LogP contribution in [0, 0.1) is 11.8 Å². The van der Waals surface area contributed by atoms with E-state index in [2.05, 4.69) is 16.6 Å². The van der Waals surface area contributed by atoms with Crippen molar-refractivity contribution in [2.75, 3.05) is 0 Å². The number of aldehydes is 1. The Bertz CT molecular complexity index is 460. The maximum Gasteiger partial charge on any atom is 0.461 e. The number of alkyl halides is 4. The van der Waals surface area contributed by atoms with E-state index in [-0.39, 0.29) is 5.56 Å². The Morgan fingerprint density at radius 3 is 2.65 bits per heavy atom. The van der Waals surface area contributed by atoms with Crippen LogP contribution in [0.3, 0.4) is 0 Å². The second-order valence-corrected chi connectivity index (χ2v) is 2.88. The topological polar surface area (TPSA) is 26.3 Å². The summed E-state index contributed by atoms with van der Waals surface area (Å²) in [6.45, 7) is 0. The molecule has 0 radical (unpaired) electrons. The van der Waals surface area contributed by atoms with Crippen LogP contribution in [-0.2, 0) is 4.79 Å². The van der Waals surface area contributed by atoms with E-state index in [0.717, 1.165) is 12.1 Å². The lowest BCUT2D eigenvalue weighted by Crippen LogP contribution is -2.33. The third kappa shape index (κ3) is 3.79. The third-order valence-electron chi connectivity index (χ3n) is 1.62. The predicted molar refractivity (Wildman–Crippen MR) is 51.0 cm³/mol. The SMILES string of the molecule is O=CC#Cc1cccc(OC(F)(F)C(F)F)c1. The van der Waals surface area contributed by atoms with Gasteiger partial charge >= 0.3 is 12.5 Å². The van der Waals surface area contributed by atoms with Gasteiger partial charge < -0.3 is 4.74 Å². The predicted octanol–water partition coefficient (Wildman–Crippen LogP) is 2.47. The van der Waals surface area contributed by atoms with Gasteiger partial charge in [-0.3, -0.25) is 4.79 Å². The van der Waals surface area contributed by atoms with Gasteiger partial charge in [-0.2, -0.15) is 17.6 Å². The van der Waals surface area contributed by atoms with Gasteiger partial charge in [0.2, 0.25) is 0 Å². The zero-order chi connectivity index (χ0) is 12.9. The molecule has 0 N–H and O–H groups in total. The first-order valence-corrected chi connectivity index (χ1v) is 4.36. The normalized spacial score (nSPS) is 10.6. The van der Waals surface area contributed by atoms with Gasteiger partial charge in [-0.05, 0) is 24.1 Å². The van der Waals surface area contributed by atoms with E-state index in [4.69, 9.17) is 0 Å². The molecule has 0 amide bonds. The second kappa shape index (κ2) is 5.34. The van der Waals surface area contributed by atoms with Gasteiger partial charge in [-0.25, -0.2) is 0 Å². The minimum absolute atomic E-state index is 0.208. The van der Waals surface area contributed by atoms with Crippen molar-refractivity contribution in [2.24, 2.45) is 0 Å². The lowest BCUT2D eigenvalue weighted by molar-refractivity contribution is -0.253. The summed E-state index contributed by atoms with van der Waals surface area (Å²) in [7, 11) is 0. The van der Waals surface area contributed by atoms with Crippen LogP contribution in [0.4, 0.5) is 17.6 Å². The Morgan fingerprint density at radius 1 is 1.35 bits per heavy atom. The molecule has 6 heteroatoms. The maximum atomic E-state index is 12.6. The molecule has 0 saturated heterocycles. The fourth-order valence-electron chi connectivity index (χ4n) is 0.952. The molecule has 2 nitrogen and oxygen atoms in total. The van der Waals surface area contributed by atoms with E-state index in [0.29, 0.717) is 6.29 Å². The highest BCUT2D eigenvalue weighted by molar-refractivity contribution is 5.74. The fraction of sp³-hybridized carbons (Fsp3) is 0.182. The molecule has 0 fully saturated rings. The highest BCUT2D eigenvalue weighted by Crippen LogP contribution is 2.27. The summed E-state index contributed by atoms with van der Waals surface area (Å²) in [5.41, 5.74) is 0.208. The standard InChI is InChI=1S/C11H6F4O2/c12-10(13)11(14,15)17-9-5-1-3-8(7-9)4-2-6-16/h1,3,5-7,10H. The summed E-state index contributed by atoms with van der Waals surface area (Å²) in [4.78, 5) is 9.96. The van der Waals surface area contributed by atoms with Crippen LogP contribution in [0.2, 0.25) is 0 Å². The molecule has 0 aliphatic rings. The molecule has 0 heterocycles. The van der Waals surface area contributed by atoms with Crippen molar-refractivity contribution in [3.63, 3.8) is 0 Å². The highest BCUT2D eigenvalue weighted by Gasteiger charge is 2.43. The Hall–Kier alpha value is -2.03. The average Bonchev–Trinajstić information content (AvgIpc) is 2.26. The van der Waals surface area contributed by atoms with Crippen LogP contribution in [0.5, 0.6) is 5.75 Å². The Labute approximate surface area is 94.2 Å². The molecular weight excluding hydrogens is 240 g/mol. The number of carbonyl (C=O) groups is 1. The van der Waals surface area contributed by atoms with Gasteiger partial charge in [0, 0.05) is 5.56 Å². The molecule has 0 aliphatic heterocycles. The molecule has 0 bridgehead atoms. The first-order valence-electron chi connectivity index (χ1n) is 4.36. The Kier molecular flexibility index (Phi) is 4.10. The molecule has 0 aromatic heterocycles. The molecule has 90 valence electrons. The molecule has 1 rings (SSSR count). The lowest BCUT2D eigenvalue weighted by atomic mass is 10.2. The molecule has 17 heavy (non-hydrogen) atoms. The molecule has 0 saturated carbocycles. The molecule has 0 atom stereocenters. The number of benzene rings is 1. The van der Waals surface area contributed by atoms with Crippen LogP contribution >= 0.6 is 0 Å². The second-order valence-electron chi connectivity index (χ2n) is 2.88. The minimum atomic E-state index is -4.56. The summed E-state index contributed by atoms with van der Waals surface area (Å²) >= 11 is 0. The summed E-state index contributed by atoms with van der Waals surface area (Å²) in [6.07, 6.45) is -8.16. The summed E-state index contributed by atoms with van der Waals surface area (Å²) in [5.74, 6) is 3.92. The molecular formula is C11H6F4O2. The summed E-state index contributed by atoms with van der Waals surface area (Å²) < 4.78 is 52.7. The van der Waals surface area contributed by atoms with E-state index in [1.807, 2.05) is 0 Å². The summed E-state index contributed by atoms with van der Waals surface area (Å²) in [5, 5.41) is 0. The first-order chi connectivity index (χ1) is 7.95. The quantitative estimate of drug-likeness (QED) is 0.465. The Morgan fingerprint density at radius 2 is 2.06 bits per heavy atom. The molecule has 0 unspecified atom stereocenters. The van der Waals surface area contributed by atoms with E-state index >= 15 is 0 Å². The lowest BCUT2D eigenvalue weighted by Gasteiger charge is -2.16. The van der Waals surface area contributed by atoms with Crippen molar-refractivity contribution in [3.05, 3.63) is 29.8 Å². The highest BCUT2D eigenvalue weighted by atomic mass is 19.3. The van der Waals surface area contributed by atoms with Crippen LogP contribution in [0.25, 0.3) is 0 Å². The van der Waals surface area contributed by atoms with Crippen molar-refractivity contribution < 1.29 is 27.1 Å². The number of carbonyl (C=O) groups excluding carboxylic acids is 1.